The van der Waals surface area contributed by atoms with Crippen molar-refractivity contribution in [3.05, 3.63) is 57.7 Å². The number of rotatable bonds is 3. The Kier molecular flexibility index (Phi) is 4.42. The van der Waals surface area contributed by atoms with Gasteiger partial charge in [-0.25, -0.2) is 0 Å². The molecule has 0 spiro atoms. The molecule has 2 rings (SSSR count). The number of carbonyl (C=O) groups excluding carboxylic acids is 1. The third-order valence-corrected chi connectivity index (χ3v) is 3.75. The number of phenols is 1. The van der Waals surface area contributed by atoms with Crippen molar-refractivity contribution in [2.75, 3.05) is 11.4 Å². The number of benzene rings is 2. The van der Waals surface area contributed by atoms with E-state index in [9.17, 15) is 9.90 Å². The summed E-state index contributed by atoms with van der Waals surface area (Å²) in [5.74, 6) is 0.101. The largest absolute Gasteiger partial charge is 0.508 e. The molecule has 0 aliphatic rings. The van der Waals surface area contributed by atoms with Crippen LogP contribution in [0.4, 0.5) is 5.69 Å². The molecule has 2 aromatic rings. The van der Waals surface area contributed by atoms with Crippen molar-refractivity contribution in [2.45, 2.75) is 6.92 Å². The molecule has 0 atom stereocenters. The van der Waals surface area contributed by atoms with Gasteiger partial charge >= 0.3 is 0 Å². The normalized spacial score (nSPS) is 10.2. The molecule has 19 heavy (non-hydrogen) atoms. The van der Waals surface area contributed by atoms with E-state index in [1.54, 1.807) is 23.1 Å². The van der Waals surface area contributed by atoms with Crippen LogP contribution >= 0.6 is 22.6 Å². The summed E-state index contributed by atoms with van der Waals surface area (Å²) in [6, 6.07) is 14.2. The molecular weight excluding hydrogens is 353 g/mol. The Balaban J connectivity index is 2.38. The van der Waals surface area contributed by atoms with Gasteiger partial charge < -0.3 is 10.0 Å². The second-order valence-corrected chi connectivity index (χ2v) is 5.21. The zero-order chi connectivity index (χ0) is 13.8. The van der Waals surface area contributed by atoms with E-state index in [4.69, 9.17) is 0 Å². The fourth-order valence-electron chi connectivity index (χ4n) is 1.88. The van der Waals surface area contributed by atoms with Gasteiger partial charge in [0.2, 0.25) is 0 Å². The Morgan fingerprint density at radius 3 is 2.58 bits per heavy atom. The van der Waals surface area contributed by atoms with Crippen molar-refractivity contribution in [3.63, 3.8) is 0 Å². The minimum atomic E-state index is -0.0573. The molecule has 98 valence electrons. The van der Waals surface area contributed by atoms with Crippen LogP contribution < -0.4 is 4.90 Å². The number of amides is 1. The molecule has 2 aromatic carbocycles. The summed E-state index contributed by atoms with van der Waals surface area (Å²) < 4.78 is 0.920. The lowest BCUT2D eigenvalue weighted by atomic mass is 10.2. The molecular formula is C15H14INO2. The summed E-state index contributed by atoms with van der Waals surface area (Å²) in [7, 11) is 0. The van der Waals surface area contributed by atoms with Gasteiger partial charge in [-0.15, -0.1) is 0 Å². The first-order chi connectivity index (χ1) is 9.13. The molecule has 0 radical (unpaired) electrons. The molecule has 0 aliphatic heterocycles. The third-order valence-electron chi connectivity index (χ3n) is 2.81. The van der Waals surface area contributed by atoms with Crippen molar-refractivity contribution in [2.24, 2.45) is 0 Å². The van der Waals surface area contributed by atoms with Crippen LogP contribution in [0.3, 0.4) is 0 Å². The second-order valence-electron chi connectivity index (χ2n) is 4.05. The van der Waals surface area contributed by atoms with Gasteiger partial charge in [-0.1, -0.05) is 18.2 Å². The molecule has 0 heterocycles. The lowest BCUT2D eigenvalue weighted by Gasteiger charge is -2.21. The Labute approximate surface area is 126 Å². The molecule has 1 N–H and O–H groups in total. The van der Waals surface area contributed by atoms with Crippen molar-refractivity contribution >= 4 is 34.2 Å². The predicted molar refractivity (Wildman–Crippen MR) is 84.6 cm³/mol. The second kappa shape index (κ2) is 6.06. The summed E-state index contributed by atoms with van der Waals surface area (Å²) in [6.07, 6.45) is 0. The summed E-state index contributed by atoms with van der Waals surface area (Å²) >= 11 is 2.15. The summed E-state index contributed by atoms with van der Waals surface area (Å²) in [6.45, 7) is 2.46. The Hall–Kier alpha value is -1.56. The van der Waals surface area contributed by atoms with Gasteiger partial charge in [0.15, 0.2) is 0 Å². The third kappa shape index (κ3) is 3.07. The molecule has 0 saturated heterocycles. The highest BCUT2D eigenvalue weighted by Crippen LogP contribution is 2.23. The van der Waals surface area contributed by atoms with Gasteiger partial charge in [0.25, 0.3) is 5.91 Å². The molecule has 0 unspecified atom stereocenters. The molecule has 3 nitrogen and oxygen atoms in total. The Bertz CT molecular complexity index is 598. The summed E-state index contributed by atoms with van der Waals surface area (Å²) in [5, 5.41) is 9.52. The maximum atomic E-state index is 12.5. The first-order valence-electron chi connectivity index (χ1n) is 5.99. The molecule has 1 amide bonds. The van der Waals surface area contributed by atoms with Gasteiger partial charge in [0.1, 0.15) is 5.75 Å². The Morgan fingerprint density at radius 2 is 1.95 bits per heavy atom. The summed E-state index contributed by atoms with van der Waals surface area (Å²) in [5.41, 5.74) is 1.38. The summed E-state index contributed by atoms with van der Waals surface area (Å²) in [4.78, 5) is 14.2. The number of anilines is 1. The highest BCUT2D eigenvalue weighted by molar-refractivity contribution is 14.1. The topological polar surface area (TPSA) is 40.5 Å². The number of halogens is 1. The predicted octanol–water partition coefficient (Wildman–Crippen LogP) is 3.66. The van der Waals surface area contributed by atoms with Crippen LogP contribution in [0.15, 0.2) is 48.5 Å². The van der Waals surface area contributed by atoms with Crippen LogP contribution in [-0.2, 0) is 0 Å². The smallest absolute Gasteiger partial charge is 0.259 e. The van der Waals surface area contributed by atoms with Gasteiger partial charge in [-0.2, -0.15) is 0 Å². The average Bonchev–Trinajstić information content (AvgIpc) is 2.40. The first-order valence-corrected chi connectivity index (χ1v) is 7.06. The number of carbonyl (C=O) groups is 1. The maximum Gasteiger partial charge on any atom is 0.259 e. The van der Waals surface area contributed by atoms with Crippen LogP contribution in [0.1, 0.15) is 17.3 Å². The van der Waals surface area contributed by atoms with Gasteiger partial charge in [-0.3, -0.25) is 4.79 Å². The number of nitrogens with zero attached hydrogens (tertiary/aromatic N) is 1. The minimum absolute atomic E-state index is 0.0573. The van der Waals surface area contributed by atoms with E-state index in [1.807, 2.05) is 37.3 Å². The van der Waals surface area contributed by atoms with Crippen LogP contribution in [0.5, 0.6) is 5.75 Å². The van der Waals surface area contributed by atoms with Crippen molar-refractivity contribution in [1.82, 2.24) is 0 Å². The van der Waals surface area contributed by atoms with Crippen LogP contribution in [0, 0.1) is 3.57 Å². The van der Waals surface area contributed by atoms with Gasteiger partial charge in [-0.05, 0) is 53.8 Å². The van der Waals surface area contributed by atoms with E-state index in [-0.39, 0.29) is 11.7 Å². The maximum absolute atomic E-state index is 12.5. The quantitative estimate of drug-likeness (QED) is 0.842. The zero-order valence-corrected chi connectivity index (χ0v) is 12.7. The van der Waals surface area contributed by atoms with Gasteiger partial charge in [0.05, 0.1) is 5.56 Å². The highest BCUT2D eigenvalue weighted by Gasteiger charge is 2.18. The Morgan fingerprint density at radius 1 is 1.21 bits per heavy atom. The minimum Gasteiger partial charge on any atom is -0.508 e. The molecule has 0 bridgehead atoms. The lowest BCUT2D eigenvalue weighted by Crippen LogP contribution is -2.31. The van der Waals surface area contributed by atoms with Crippen molar-refractivity contribution in [3.8, 4) is 5.75 Å². The van der Waals surface area contributed by atoms with E-state index in [0.29, 0.717) is 17.8 Å². The van der Waals surface area contributed by atoms with Gasteiger partial charge in [0, 0.05) is 21.9 Å². The highest BCUT2D eigenvalue weighted by atomic mass is 127. The number of hydrogen-bond donors (Lipinski definition) is 1. The first kappa shape index (κ1) is 13.9. The van der Waals surface area contributed by atoms with E-state index < -0.39 is 0 Å². The zero-order valence-electron chi connectivity index (χ0n) is 10.5. The van der Waals surface area contributed by atoms with Crippen LogP contribution in [0.25, 0.3) is 0 Å². The van der Waals surface area contributed by atoms with Crippen molar-refractivity contribution in [1.29, 1.82) is 0 Å². The van der Waals surface area contributed by atoms with E-state index >= 15 is 0 Å². The van der Waals surface area contributed by atoms with Crippen LogP contribution in [-0.4, -0.2) is 17.6 Å². The van der Waals surface area contributed by atoms with E-state index in [1.165, 1.54) is 0 Å². The van der Waals surface area contributed by atoms with Crippen molar-refractivity contribution < 1.29 is 9.90 Å². The molecule has 4 heteroatoms. The SMILES string of the molecule is CCN(C(=O)c1ccccc1I)c1cccc(O)c1. The fraction of sp³-hybridized carbons (Fsp3) is 0.133. The molecule has 0 fully saturated rings. The molecule has 0 aliphatic carbocycles. The van der Waals surface area contributed by atoms with Crippen LogP contribution in [0.2, 0.25) is 0 Å². The number of aromatic hydroxyl groups is 1. The monoisotopic (exact) mass is 367 g/mol. The average molecular weight is 367 g/mol. The number of hydrogen-bond acceptors (Lipinski definition) is 2. The molecule has 0 aromatic heterocycles. The lowest BCUT2D eigenvalue weighted by molar-refractivity contribution is 0.0987. The van der Waals surface area contributed by atoms with E-state index in [2.05, 4.69) is 22.6 Å². The fourth-order valence-corrected chi connectivity index (χ4v) is 2.50. The molecule has 0 saturated carbocycles. The van der Waals surface area contributed by atoms with E-state index in [0.717, 1.165) is 3.57 Å². The number of phenolic OH excluding ortho intramolecular Hbond substituents is 1. The standard InChI is InChI=1S/C15H14INO2/c1-2-17(11-6-5-7-12(18)10-11)15(19)13-8-3-4-9-14(13)16/h3-10,18H,2H2,1H3.